The summed E-state index contributed by atoms with van der Waals surface area (Å²) >= 11 is 0. The SMILES string of the molecule is O=C(Nc1ccc(Cc2nn[nH]n2)cc1)c1ccccc1-n1ccnn1. The molecule has 9 nitrogen and oxygen atoms in total. The number of hydrogen-bond donors (Lipinski definition) is 2. The third-order valence-corrected chi connectivity index (χ3v) is 3.78. The highest BCUT2D eigenvalue weighted by Gasteiger charge is 2.13. The lowest BCUT2D eigenvalue weighted by Gasteiger charge is -2.10. The zero-order chi connectivity index (χ0) is 17.8. The van der Waals surface area contributed by atoms with E-state index in [0.717, 1.165) is 5.56 Å². The molecular formula is C17H14N8O. The number of aromatic nitrogens is 7. The van der Waals surface area contributed by atoms with Gasteiger partial charge in [0.1, 0.15) is 0 Å². The molecule has 2 aromatic heterocycles. The summed E-state index contributed by atoms with van der Waals surface area (Å²) in [6.45, 7) is 0. The Labute approximate surface area is 148 Å². The van der Waals surface area contributed by atoms with Crippen LogP contribution >= 0.6 is 0 Å². The van der Waals surface area contributed by atoms with Crippen molar-refractivity contribution in [3.05, 3.63) is 77.9 Å². The van der Waals surface area contributed by atoms with Crippen LogP contribution in [0, 0.1) is 0 Å². The van der Waals surface area contributed by atoms with E-state index in [-0.39, 0.29) is 5.91 Å². The Morgan fingerprint density at radius 2 is 1.96 bits per heavy atom. The predicted octanol–water partition coefficient (Wildman–Crippen LogP) is 1.62. The third-order valence-electron chi connectivity index (χ3n) is 3.78. The summed E-state index contributed by atoms with van der Waals surface area (Å²) in [6, 6.07) is 14.7. The van der Waals surface area contributed by atoms with Gasteiger partial charge in [-0.1, -0.05) is 34.7 Å². The van der Waals surface area contributed by atoms with Crippen LogP contribution in [0.3, 0.4) is 0 Å². The van der Waals surface area contributed by atoms with Crippen LogP contribution in [0.25, 0.3) is 5.69 Å². The molecule has 0 radical (unpaired) electrons. The topological polar surface area (TPSA) is 114 Å². The van der Waals surface area contributed by atoms with E-state index in [1.54, 1.807) is 23.1 Å². The summed E-state index contributed by atoms with van der Waals surface area (Å²) in [7, 11) is 0. The Balaban J connectivity index is 1.50. The molecule has 2 heterocycles. The Morgan fingerprint density at radius 1 is 1.12 bits per heavy atom. The van der Waals surface area contributed by atoms with Gasteiger partial charge in [0.05, 0.1) is 23.6 Å². The van der Waals surface area contributed by atoms with Crippen molar-refractivity contribution in [2.24, 2.45) is 0 Å². The van der Waals surface area contributed by atoms with Crippen LogP contribution in [0.4, 0.5) is 5.69 Å². The smallest absolute Gasteiger partial charge is 0.257 e. The van der Waals surface area contributed by atoms with Crippen molar-refractivity contribution in [3.63, 3.8) is 0 Å². The van der Waals surface area contributed by atoms with Crippen molar-refractivity contribution >= 4 is 11.6 Å². The number of carbonyl (C=O) groups excluding carboxylic acids is 1. The third kappa shape index (κ3) is 3.31. The van der Waals surface area contributed by atoms with Crippen molar-refractivity contribution in [1.29, 1.82) is 0 Å². The number of rotatable bonds is 5. The zero-order valence-electron chi connectivity index (χ0n) is 13.6. The molecule has 0 aliphatic carbocycles. The van der Waals surface area contributed by atoms with Gasteiger partial charge >= 0.3 is 0 Å². The number of aromatic amines is 1. The Kier molecular flexibility index (Phi) is 4.17. The van der Waals surface area contributed by atoms with Crippen molar-refractivity contribution in [2.75, 3.05) is 5.32 Å². The molecular weight excluding hydrogens is 332 g/mol. The number of H-pyrrole nitrogens is 1. The van der Waals surface area contributed by atoms with Crippen molar-refractivity contribution in [1.82, 2.24) is 35.6 Å². The van der Waals surface area contributed by atoms with Crippen LogP contribution < -0.4 is 5.32 Å². The fourth-order valence-corrected chi connectivity index (χ4v) is 2.55. The number of nitrogens with zero attached hydrogens (tertiary/aromatic N) is 6. The molecule has 0 spiro atoms. The van der Waals surface area contributed by atoms with Crippen molar-refractivity contribution < 1.29 is 4.79 Å². The molecule has 128 valence electrons. The number of para-hydroxylation sites is 1. The van der Waals surface area contributed by atoms with E-state index in [0.29, 0.717) is 29.2 Å². The van der Waals surface area contributed by atoms with E-state index in [1.807, 2.05) is 42.5 Å². The molecule has 0 unspecified atom stereocenters. The van der Waals surface area contributed by atoms with E-state index in [9.17, 15) is 4.79 Å². The summed E-state index contributed by atoms with van der Waals surface area (Å²) in [5, 5.41) is 24.4. The average Bonchev–Trinajstić information content (AvgIpc) is 3.37. The first kappa shape index (κ1) is 15.6. The maximum absolute atomic E-state index is 12.7. The molecule has 0 saturated heterocycles. The molecule has 2 aromatic carbocycles. The zero-order valence-corrected chi connectivity index (χ0v) is 13.6. The average molecular weight is 346 g/mol. The minimum atomic E-state index is -0.220. The van der Waals surface area contributed by atoms with E-state index >= 15 is 0 Å². The fourth-order valence-electron chi connectivity index (χ4n) is 2.55. The summed E-state index contributed by atoms with van der Waals surface area (Å²) in [5.41, 5.74) is 2.89. The Bertz CT molecular complexity index is 994. The van der Waals surface area contributed by atoms with E-state index in [2.05, 4.69) is 36.3 Å². The maximum atomic E-state index is 12.7. The highest BCUT2D eigenvalue weighted by Crippen LogP contribution is 2.17. The molecule has 9 heteroatoms. The second-order valence-corrected chi connectivity index (χ2v) is 5.52. The van der Waals surface area contributed by atoms with Gasteiger partial charge in [-0.3, -0.25) is 4.79 Å². The van der Waals surface area contributed by atoms with Crippen molar-refractivity contribution in [2.45, 2.75) is 6.42 Å². The molecule has 0 saturated carbocycles. The number of benzene rings is 2. The van der Waals surface area contributed by atoms with E-state index in [1.165, 1.54) is 0 Å². The normalized spacial score (nSPS) is 10.6. The number of carbonyl (C=O) groups is 1. The van der Waals surface area contributed by atoms with Crippen LogP contribution in [0.1, 0.15) is 21.7 Å². The Hall–Kier alpha value is -3.88. The lowest BCUT2D eigenvalue weighted by atomic mass is 10.1. The van der Waals surface area contributed by atoms with Gasteiger partial charge in [-0.2, -0.15) is 5.21 Å². The monoisotopic (exact) mass is 346 g/mol. The summed E-state index contributed by atoms with van der Waals surface area (Å²) in [5.74, 6) is 0.394. The number of amides is 1. The molecule has 0 atom stereocenters. The van der Waals surface area contributed by atoms with Gasteiger partial charge in [0.15, 0.2) is 5.82 Å². The molecule has 0 bridgehead atoms. The van der Waals surface area contributed by atoms with Gasteiger partial charge in [0.25, 0.3) is 5.91 Å². The molecule has 4 aromatic rings. The number of hydrogen-bond acceptors (Lipinski definition) is 6. The van der Waals surface area contributed by atoms with Gasteiger partial charge in [0.2, 0.25) is 0 Å². The maximum Gasteiger partial charge on any atom is 0.257 e. The first-order valence-electron chi connectivity index (χ1n) is 7.88. The van der Waals surface area contributed by atoms with Crippen LogP contribution in [0.15, 0.2) is 60.9 Å². The van der Waals surface area contributed by atoms with Crippen LogP contribution in [-0.2, 0) is 6.42 Å². The van der Waals surface area contributed by atoms with Gasteiger partial charge in [-0.25, -0.2) is 4.68 Å². The van der Waals surface area contributed by atoms with E-state index < -0.39 is 0 Å². The highest BCUT2D eigenvalue weighted by molar-refractivity contribution is 6.06. The first-order chi connectivity index (χ1) is 12.8. The molecule has 0 aliphatic rings. The minimum Gasteiger partial charge on any atom is -0.322 e. The first-order valence-corrected chi connectivity index (χ1v) is 7.88. The summed E-state index contributed by atoms with van der Waals surface area (Å²) in [4.78, 5) is 12.7. The molecule has 4 rings (SSSR count). The second-order valence-electron chi connectivity index (χ2n) is 5.52. The lowest BCUT2D eigenvalue weighted by Crippen LogP contribution is -2.15. The van der Waals surface area contributed by atoms with Gasteiger partial charge in [-0.15, -0.1) is 15.3 Å². The van der Waals surface area contributed by atoms with Gasteiger partial charge in [-0.05, 0) is 29.8 Å². The van der Waals surface area contributed by atoms with Crippen LogP contribution in [-0.4, -0.2) is 41.5 Å². The van der Waals surface area contributed by atoms with Crippen molar-refractivity contribution in [3.8, 4) is 5.69 Å². The molecule has 0 aliphatic heterocycles. The van der Waals surface area contributed by atoms with Gasteiger partial charge in [0, 0.05) is 12.1 Å². The summed E-state index contributed by atoms with van der Waals surface area (Å²) < 4.78 is 1.56. The molecule has 2 N–H and O–H groups in total. The standard InChI is InChI=1S/C17H14N8O/c26-17(14-3-1-2-4-15(14)25-10-9-18-24-25)19-13-7-5-12(6-8-13)11-16-20-22-23-21-16/h1-10H,11H2,(H,19,26)(H,20,21,22,23). The molecule has 26 heavy (non-hydrogen) atoms. The quantitative estimate of drug-likeness (QED) is 0.567. The van der Waals surface area contributed by atoms with Gasteiger partial charge < -0.3 is 5.32 Å². The summed E-state index contributed by atoms with van der Waals surface area (Å²) in [6.07, 6.45) is 3.83. The highest BCUT2D eigenvalue weighted by atomic mass is 16.1. The number of nitrogens with one attached hydrogen (secondary N) is 2. The van der Waals surface area contributed by atoms with E-state index in [4.69, 9.17) is 0 Å². The number of tetrazole rings is 1. The largest absolute Gasteiger partial charge is 0.322 e. The lowest BCUT2D eigenvalue weighted by molar-refractivity contribution is 0.102. The van der Waals surface area contributed by atoms with Crippen LogP contribution in [0.2, 0.25) is 0 Å². The number of anilines is 1. The molecule has 0 fully saturated rings. The fraction of sp³-hybridized carbons (Fsp3) is 0.0588. The van der Waals surface area contributed by atoms with Crippen LogP contribution in [0.5, 0.6) is 0 Å². The molecule has 1 amide bonds. The predicted molar refractivity (Wildman–Crippen MR) is 92.7 cm³/mol. The minimum absolute atomic E-state index is 0.220. The second kappa shape index (κ2) is 6.93. The Morgan fingerprint density at radius 3 is 2.69 bits per heavy atom.